The van der Waals surface area contributed by atoms with E-state index in [4.69, 9.17) is 0 Å². The van der Waals surface area contributed by atoms with Crippen LogP contribution in [0.5, 0.6) is 0 Å². The number of aromatic nitrogens is 2. The number of hydrogen-bond acceptors (Lipinski definition) is 2. The van der Waals surface area contributed by atoms with Crippen LogP contribution in [0.4, 0.5) is 5.69 Å². The second kappa shape index (κ2) is 7.39. The zero-order valence-corrected chi connectivity index (χ0v) is 16.7. The van der Waals surface area contributed by atoms with Crippen molar-refractivity contribution in [2.75, 3.05) is 5.32 Å². The molecular formula is C23H27N3O. The molecule has 3 rings (SSSR count). The fourth-order valence-corrected chi connectivity index (χ4v) is 3.14. The van der Waals surface area contributed by atoms with Crippen LogP contribution in [0.2, 0.25) is 0 Å². The summed E-state index contributed by atoms with van der Waals surface area (Å²) in [6, 6.07) is 16.2. The molecule has 1 heterocycles. The smallest absolute Gasteiger partial charge is 0.259 e. The molecular weight excluding hydrogens is 334 g/mol. The molecule has 0 bridgehead atoms. The van der Waals surface area contributed by atoms with E-state index < -0.39 is 0 Å². The van der Waals surface area contributed by atoms with E-state index in [0.717, 1.165) is 23.5 Å². The summed E-state index contributed by atoms with van der Waals surface area (Å²) < 4.78 is 1.84. The molecule has 2 aromatic carbocycles. The molecule has 4 heteroatoms. The van der Waals surface area contributed by atoms with E-state index in [9.17, 15) is 4.79 Å². The van der Waals surface area contributed by atoms with Gasteiger partial charge < -0.3 is 5.32 Å². The summed E-state index contributed by atoms with van der Waals surface area (Å²) >= 11 is 0. The fourth-order valence-electron chi connectivity index (χ4n) is 3.14. The average molecular weight is 361 g/mol. The lowest BCUT2D eigenvalue weighted by atomic mass is 9.87. The summed E-state index contributed by atoms with van der Waals surface area (Å²) in [5.74, 6) is -0.142. The number of amides is 1. The van der Waals surface area contributed by atoms with Crippen molar-refractivity contribution in [3.05, 3.63) is 77.1 Å². The molecule has 0 aliphatic rings. The molecule has 0 aliphatic heterocycles. The summed E-state index contributed by atoms with van der Waals surface area (Å²) in [4.78, 5) is 12.8. The van der Waals surface area contributed by atoms with Gasteiger partial charge in [0.2, 0.25) is 0 Å². The maximum absolute atomic E-state index is 12.8. The molecule has 0 saturated heterocycles. The van der Waals surface area contributed by atoms with Gasteiger partial charge in [-0.25, -0.2) is 4.68 Å². The quantitative estimate of drug-likeness (QED) is 0.686. The largest absolute Gasteiger partial charge is 0.322 e. The molecule has 4 nitrogen and oxygen atoms in total. The molecule has 0 fully saturated rings. The minimum atomic E-state index is -0.142. The van der Waals surface area contributed by atoms with Crippen molar-refractivity contribution in [2.45, 2.75) is 46.5 Å². The van der Waals surface area contributed by atoms with Crippen molar-refractivity contribution in [3.8, 4) is 5.69 Å². The van der Waals surface area contributed by atoms with E-state index in [0.29, 0.717) is 5.56 Å². The predicted molar refractivity (Wildman–Crippen MR) is 111 cm³/mol. The fraction of sp³-hybridized carbons (Fsp3) is 0.304. The van der Waals surface area contributed by atoms with Crippen LogP contribution in [0, 0.1) is 6.92 Å². The van der Waals surface area contributed by atoms with Crippen molar-refractivity contribution >= 4 is 11.6 Å². The van der Waals surface area contributed by atoms with Crippen LogP contribution in [0.25, 0.3) is 5.69 Å². The first-order valence-corrected chi connectivity index (χ1v) is 9.36. The van der Waals surface area contributed by atoms with Crippen LogP contribution in [-0.2, 0) is 11.8 Å². The summed E-state index contributed by atoms with van der Waals surface area (Å²) in [6.45, 7) is 10.6. The molecule has 3 aromatic rings. The van der Waals surface area contributed by atoms with Crippen molar-refractivity contribution in [2.24, 2.45) is 0 Å². The minimum Gasteiger partial charge on any atom is -0.322 e. The number of rotatable bonds is 4. The van der Waals surface area contributed by atoms with Gasteiger partial charge in [0.1, 0.15) is 0 Å². The molecule has 1 amide bonds. The van der Waals surface area contributed by atoms with E-state index >= 15 is 0 Å². The highest BCUT2D eigenvalue weighted by atomic mass is 16.1. The first-order valence-electron chi connectivity index (χ1n) is 9.36. The first-order chi connectivity index (χ1) is 12.8. The van der Waals surface area contributed by atoms with Crippen molar-refractivity contribution in [1.29, 1.82) is 0 Å². The lowest BCUT2D eigenvalue weighted by molar-refractivity contribution is 0.102. The Kier molecular flexibility index (Phi) is 5.17. The number of carbonyl (C=O) groups excluding carboxylic acids is 1. The van der Waals surface area contributed by atoms with Gasteiger partial charge in [0, 0.05) is 5.69 Å². The van der Waals surface area contributed by atoms with Gasteiger partial charge in [-0.2, -0.15) is 5.10 Å². The van der Waals surface area contributed by atoms with E-state index in [1.165, 1.54) is 11.1 Å². The third-order valence-electron chi connectivity index (χ3n) is 4.86. The summed E-state index contributed by atoms with van der Waals surface area (Å²) in [6.07, 6.45) is 2.55. The number of para-hydroxylation sites is 1. The highest BCUT2D eigenvalue weighted by Crippen LogP contribution is 2.24. The average Bonchev–Trinajstić information content (AvgIpc) is 3.02. The SMILES string of the molecule is CCc1ccccc1-n1ncc(C(=O)Nc2ccc(C(C)(C)C)cc2)c1C. The Morgan fingerprint density at radius 3 is 2.37 bits per heavy atom. The van der Waals surface area contributed by atoms with Crippen LogP contribution in [-0.4, -0.2) is 15.7 Å². The molecule has 0 radical (unpaired) electrons. The number of aryl methyl sites for hydroxylation is 1. The molecule has 0 saturated carbocycles. The van der Waals surface area contributed by atoms with Crippen LogP contribution in [0.15, 0.2) is 54.7 Å². The van der Waals surface area contributed by atoms with Crippen LogP contribution in [0.1, 0.15) is 54.9 Å². The van der Waals surface area contributed by atoms with Crippen molar-refractivity contribution < 1.29 is 4.79 Å². The lowest BCUT2D eigenvalue weighted by Crippen LogP contribution is -2.14. The first kappa shape index (κ1) is 18.9. The standard InChI is InChI=1S/C23H27N3O/c1-6-17-9-7-8-10-21(17)26-16(2)20(15-24-26)22(27)25-19-13-11-18(12-14-19)23(3,4)5/h7-15H,6H2,1-5H3,(H,25,27). The summed E-state index contributed by atoms with van der Waals surface area (Å²) in [7, 11) is 0. The van der Waals surface area contributed by atoms with Gasteiger partial charge >= 0.3 is 0 Å². The van der Waals surface area contributed by atoms with Gasteiger partial charge in [-0.05, 0) is 48.1 Å². The number of anilines is 1. The molecule has 140 valence electrons. The van der Waals surface area contributed by atoms with Gasteiger partial charge in [0.15, 0.2) is 0 Å². The topological polar surface area (TPSA) is 46.9 Å². The Morgan fingerprint density at radius 1 is 1.07 bits per heavy atom. The molecule has 0 spiro atoms. The Bertz CT molecular complexity index is 946. The maximum Gasteiger partial charge on any atom is 0.259 e. The number of nitrogens with one attached hydrogen (secondary N) is 1. The predicted octanol–water partition coefficient (Wildman–Crippen LogP) is 5.29. The zero-order chi connectivity index (χ0) is 19.6. The summed E-state index contributed by atoms with van der Waals surface area (Å²) in [5, 5.41) is 7.44. The third kappa shape index (κ3) is 3.95. The minimum absolute atomic E-state index is 0.0902. The normalized spacial score (nSPS) is 11.4. The Labute approximate surface area is 161 Å². The van der Waals surface area contributed by atoms with Gasteiger partial charge in [-0.1, -0.05) is 58.0 Å². The van der Waals surface area contributed by atoms with Crippen LogP contribution >= 0.6 is 0 Å². The Hall–Kier alpha value is -2.88. The van der Waals surface area contributed by atoms with Gasteiger partial charge in [-0.3, -0.25) is 4.79 Å². The summed E-state index contributed by atoms with van der Waals surface area (Å²) in [5.41, 5.74) is 5.75. The molecule has 1 aromatic heterocycles. The second-order valence-electron chi connectivity index (χ2n) is 7.82. The van der Waals surface area contributed by atoms with E-state index in [-0.39, 0.29) is 11.3 Å². The van der Waals surface area contributed by atoms with Gasteiger partial charge in [-0.15, -0.1) is 0 Å². The lowest BCUT2D eigenvalue weighted by Gasteiger charge is -2.19. The number of hydrogen-bond donors (Lipinski definition) is 1. The number of carbonyl (C=O) groups is 1. The van der Waals surface area contributed by atoms with Crippen LogP contribution < -0.4 is 5.32 Å². The monoisotopic (exact) mass is 361 g/mol. The molecule has 0 aliphatic carbocycles. The maximum atomic E-state index is 12.8. The molecule has 0 unspecified atom stereocenters. The van der Waals surface area contributed by atoms with E-state index in [2.05, 4.69) is 56.3 Å². The van der Waals surface area contributed by atoms with Crippen molar-refractivity contribution in [1.82, 2.24) is 9.78 Å². The third-order valence-corrected chi connectivity index (χ3v) is 4.86. The molecule has 27 heavy (non-hydrogen) atoms. The number of benzene rings is 2. The Morgan fingerprint density at radius 2 is 1.74 bits per heavy atom. The molecule has 0 atom stereocenters. The molecule has 1 N–H and O–H groups in total. The Balaban J connectivity index is 1.83. The van der Waals surface area contributed by atoms with E-state index in [1.807, 2.05) is 41.9 Å². The number of nitrogens with zero attached hydrogens (tertiary/aromatic N) is 2. The van der Waals surface area contributed by atoms with Crippen molar-refractivity contribution in [3.63, 3.8) is 0 Å². The van der Waals surface area contributed by atoms with E-state index in [1.54, 1.807) is 6.20 Å². The van der Waals surface area contributed by atoms with Crippen LogP contribution in [0.3, 0.4) is 0 Å². The highest BCUT2D eigenvalue weighted by molar-refractivity contribution is 6.05. The van der Waals surface area contributed by atoms with Gasteiger partial charge in [0.05, 0.1) is 23.1 Å². The highest BCUT2D eigenvalue weighted by Gasteiger charge is 2.17. The second-order valence-corrected chi connectivity index (χ2v) is 7.82. The van der Waals surface area contributed by atoms with Gasteiger partial charge in [0.25, 0.3) is 5.91 Å². The zero-order valence-electron chi connectivity index (χ0n) is 16.7.